The van der Waals surface area contributed by atoms with E-state index in [-0.39, 0.29) is 0 Å². The van der Waals surface area contributed by atoms with Crippen LogP contribution in [0.1, 0.15) is 56.3 Å². The zero-order valence-corrected chi connectivity index (χ0v) is 11.6. The van der Waals surface area contributed by atoms with Crippen LogP contribution in [0, 0.1) is 12.3 Å². The number of hydrogen-bond acceptors (Lipinski definition) is 1. The molecule has 0 amide bonds. The first-order valence-electron chi connectivity index (χ1n) is 6.84. The summed E-state index contributed by atoms with van der Waals surface area (Å²) in [4.78, 5) is 0. The maximum absolute atomic E-state index is 3.76. The molecule has 0 saturated heterocycles. The number of fused-ring (bicyclic) bond motifs is 1. The fourth-order valence-electron chi connectivity index (χ4n) is 2.46. The number of hydrogen-bond donors (Lipinski definition) is 1. The van der Waals surface area contributed by atoms with Gasteiger partial charge < -0.3 is 5.32 Å². The Morgan fingerprint density at radius 3 is 2.82 bits per heavy atom. The third-order valence-electron chi connectivity index (χ3n) is 4.16. The molecular formula is C16H25N. The average molecular weight is 231 g/mol. The second kappa shape index (κ2) is 4.81. The zero-order valence-electron chi connectivity index (χ0n) is 11.6. The molecule has 0 heterocycles. The third-order valence-corrected chi connectivity index (χ3v) is 4.16. The van der Waals surface area contributed by atoms with Crippen molar-refractivity contribution in [1.29, 1.82) is 0 Å². The molecule has 1 aromatic rings. The highest BCUT2D eigenvalue weighted by Gasteiger charge is 2.24. The Balaban J connectivity index is 2.04. The number of rotatable bonds is 4. The maximum atomic E-state index is 3.76. The van der Waals surface area contributed by atoms with Crippen LogP contribution in [-0.2, 0) is 6.42 Å². The lowest BCUT2D eigenvalue weighted by molar-refractivity contribution is 0.309. The van der Waals surface area contributed by atoms with E-state index in [1.807, 2.05) is 0 Å². The minimum Gasteiger partial charge on any atom is -0.309 e. The molecule has 0 aliphatic heterocycles. The molecule has 1 atom stereocenters. The lowest BCUT2D eigenvalue weighted by Gasteiger charge is -2.26. The Labute approximate surface area is 106 Å². The van der Waals surface area contributed by atoms with E-state index in [4.69, 9.17) is 0 Å². The summed E-state index contributed by atoms with van der Waals surface area (Å²) < 4.78 is 0. The first-order chi connectivity index (χ1) is 8.02. The highest BCUT2D eigenvalue weighted by atomic mass is 14.9. The van der Waals surface area contributed by atoms with Gasteiger partial charge in [0, 0.05) is 12.6 Å². The van der Waals surface area contributed by atoms with Crippen molar-refractivity contribution < 1.29 is 0 Å². The van der Waals surface area contributed by atoms with Crippen LogP contribution in [0.25, 0.3) is 0 Å². The molecule has 0 bridgehead atoms. The van der Waals surface area contributed by atoms with Crippen LogP contribution < -0.4 is 5.32 Å². The summed E-state index contributed by atoms with van der Waals surface area (Å²) in [5.41, 5.74) is 4.87. The van der Waals surface area contributed by atoms with Gasteiger partial charge in [-0.05, 0) is 42.7 Å². The van der Waals surface area contributed by atoms with Crippen LogP contribution in [0.15, 0.2) is 18.2 Å². The number of aryl methyl sites for hydroxylation is 2. The molecule has 0 radical (unpaired) electrons. The highest BCUT2D eigenvalue weighted by Crippen LogP contribution is 2.32. The molecule has 1 N–H and O–H groups in total. The van der Waals surface area contributed by atoms with Gasteiger partial charge in [0.15, 0.2) is 0 Å². The lowest BCUT2D eigenvalue weighted by atomic mass is 9.90. The molecule has 0 aromatic heterocycles. The van der Waals surface area contributed by atoms with Crippen molar-refractivity contribution in [2.24, 2.45) is 5.41 Å². The van der Waals surface area contributed by atoms with Crippen LogP contribution in [0.5, 0.6) is 0 Å². The van der Waals surface area contributed by atoms with Crippen molar-refractivity contribution in [2.45, 2.75) is 53.0 Å². The summed E-state index contributed by atoms with van der Waals surface area (Å²) in [6, 6.07) is 7.48. The largest absolute Gasteiger partial charge is 0.309 e. The molecule has 1 aliphatic rings. The van der Waals surface area contributed by atoms with Crippen LogP contribution in [-0.4, -0.2) is 6.54 Å². The molecular weight excluding hydrogens is 206 g/mol. The minimum atomic E-state index is 0.409. The van der Waals surface area contributed by atoms with E-state index in [2.05, 4.69) is 51.2 Å². The Hall–Kier alpha value is -0.820. The third kappa shape index (κ3) is 2.90. The summed E-state index contributed by atoms with van der Waals surface area (Å²) in [7, 11) is 0. The fourth-order valence-corrected chi connectivity index (χ4v) is 2.46. The van der Waals surface area contributed by atoms with Crippen molar-refractivity contribution in [3.8, 4) is 0 Å². The standard InChI is InChI=1S/C16H25N/c1-5-16(3,4)11-17-15-9-8-13-7-6-12(2)10-14(13)15/h6-7,10,15,17H,5,8-9,11H2,1-4H3. The lowest BCUT2D eigenvalue weighted by Crippen LogP contribution is -2.31. The molecule has 0 saturated carbocycles. The van der Waals surface area contributed by atoms with E-state index in [0.29, 0.717) is 11.5 Å². The van der Waals surface area contributed by atoms with Crippen LogP contribution in [0.2, 0.25) is 0 Å². The molecule has 0 spiro atoms. The fraction of sp³-hybridized carbons (Fsp3) is 0.625. The quantitative estimate of drug-likeness (QED) is 0.825. The second-order valence-electron chi connectivity index (χ2n) is 6.19. The normalized spacial score (nSPS) is 19.4. The van der Waals surface area contributed by atoms with Crippen molar-refractivity contribution in [2.75, 3.05) is 6.54 Å². The van der Waals surface area contributed by atoms with Crippen molar-refractivity contribution >= 4 is 0 Å². The highest BCUT2D eigenvalue weighted by molar-refractivity contribution is 5.37. The smallest absolute Gasteiger partial charge is 0.0326 e. The zero-order chi connectivity index (χ0) is 12.5. The Bertz CT molecular complexity index is 393. The van der Waals surface area contributed by atoms with Crippen LogP contribution >= 0.6 is 0 Å². The van der Waals surface area contributed by atoms with Gasteiger partial charge in [0.1, 0.15) is 0 Å². The maximum Gasteiger partial charge on any atom is 0.0326 e. The molecule has 1 unspecified atom stereocenters. The molecule has 17 heavy (non-hydrogen) atoms. The average Bonchev–Trinajstić information content (AvgIpc) is 2.69. The van der Waals surface area contributed by atoms with Gasteiger partial charge in [-0.3, -0.25) is 0 Å². The van der Waals surface area contributed by atoms with Crippen molar-refractivity contribution in [3.05, 3.63) is 34.9 Å². The Morgan fingerprint density at radius 1 is 1.35 bits per heavy atom. The van der Waals surface area contributed by atoms with Crippen molar-refractivity contribution in [3.63, 3.8) is 0 Å². The Kier molecular flexibility index (Phi) is 3.58. The van der Waals surface area contributed by atoms with Crippen LogP contribution in [0.3, 0.4) is 0 Å². The van der Waals surface area contributed by atoms with E-state index >= 15 is 0 Å². The van der Waals surface area contributed by atoms with Gasteiger partial charge in [0.25, 0.3) is 0 Å². The number of benzene rings is 1. The van der Waals surface area contributed by atoms with E-state index in [1.165, 1.54) is 30.4 Å². The number of nitrogens with one attached hydrogen (secondary N) is 1. The first kappa shape index (κ1) is 12.6. The monoisotopic (exact) mass is 231 g/mol. The van der Waals surface area contributed by atoms with E-state index in [0.717, 1.165) is 6.54 Å². The predicted molar refractivity (Wildman–Crippen MR) is 74.3 cm³/mol. The topological polar surface area (TPSA) is 12.0 Å². The van der Waals surface area contributed by atoms with Gasteiger partial charge in [-0.15, -0.1) is 0 Å². The molecule has 1 aliphatic carbocycles. The van der Waals surface area contributed by atoms with Gasteiger partial charge in [-0.1, -0.05) is 44.5 Å². The van der Waals surface area contributed by atoms with Gasteiger partial charge >= 0.3 is 0 Å². The first-order valence-corrected chi connectivity index (χ1v) is 6.84. The molecule has 94 valence electrons. The summed E-state index contributed by atoms with van der Waals surface area (Å²) in [5.74, 6) is 0. The van der Waals surface area contributed by atoms with Gasteiger partial charge in [0.05, 0.1) is 0 Å². The molecule has 2 rings (SSSR count). The van der Waals surface area contributed by atoms with E-state index < -0.39 is 0 Å². The van der Waals surface area contributed by atoms with Gasteiger partial charge in [-0.25, -0.2) is 0 Å². The molecule has 1 aromatic carbocycles. The summed E-state index contributed by atoms with van der Waals surface area (Å²) >= 11 is 0. The summed E-state index contributed by atoms with van der Waals surface area (Å²) in [6.07, 6.45) is 3.73. The molecule has 1 heteroatoms. The summed E-state index contributed by atoms with van der Waals surface area (Å²) in [5, 5.41) is 3.76. The van der Waals surface area contributed by atoms with Gasteiger partial charge in [-0.2, -0.15) is 0 Å². The molecule has 0 fully saturated rings. The molecule has 1 nitrogen and oxygen atoms in total. The SMILES string of the molecule is CCC(C)(C)CNC1CCc2ccc(C)cc21. The summed E-state index contributed by atoms with van der Waals surface area (Å²) in [6.45, 7) is 10.2. The van der Waals surface area contributed by atoms with Gasteiger partial charge in [0.2, 0.25) is 0 Å². The van der Waals surface area contributed by atoms with Crippen molar-refractivity contribution in [1.82, 2.24) is 5.32 Å². The second-order valence-corrected chi connectivity index (χ2v) is 6.19. The van der Waals surface area contributed by atoms with Crippen LogP contribution in [0.4, 0.5) is 0 Å². The predicted octanol–water partition coefficient (Wildman–Crippen LogP) is 4.01. The van der Waals surface area contributed by atoms with E-state index in [1.54, 1.807) is 5.56 Å². The Morgan fingerprint density at radius 2 is 2.12 bits per heavy atom. The minimum absolute atomic E-state index is 0.409. The van der Waals surface area contributed by atoms with E-state index in [9.17, 15) is 0 Å².